The second-order valence-corrected chi connectivity index (χ2v) is 5.24. The van der Waals surface area contributed by atoms with Gasteiger partial charge < -0.3 is 15.0 Å². The quantitative estimate of drug-likeness (QED) is 0.749. The molecule has 1 unspecified atom stereocenters. The summed E-state index contributed by atoms with van der Waals surface area (Å²) < 4.78 is 17.8. The summed E-state index contributed by atoms with van der Waals surface area (Å²) in [6, 6.07) is 6.27. The number of hydrogen-bond acceptors (Lipinski definition) is 4. The zero-order valence-corrected chi connectivity index (χ0v) is 13.2. The van der Waals surface area contributed by atoms with Crippen LogP contribution in [-0.4, -0.2) is 38.3 Å². The van der Waals surface area contributed by atoms with Crippen LogP contribution in [0.4, 0.5) is 10.1 Å². The van der Waals surface area contributed by atoms with E-state index >= 15 is 0 Å². The molecule has 118 valence electrons. The molecule has 0 bridgehead atoms. The molecule has 0 aliphatic heterocycles. The molecule has 0 saturated heterocycles. The minimum Gasteiger partial charge on any atom is -0.468 e. The van der Waals surface area contributed by atoms with Gasteiger partial charge in [-0.25, -0.2) is 4.39 Å². The Morgan fingerprint density at radius 1 is 1.33 bits per heavy atom. The zero-order chi connectivity index (χ0) is 15.8. The lowest BCUT2D eigenvalue weighted by atomic mass is 10.1. The van der Waals surface area contributed by atoms with Gasteiger partial charge in [-0.1, -0.05) is 13.8 Å². The van der Waals surface area contributed by atoms with Gasteiger partial charge in [0.05, 0.1) is 7.11 Å². The molecule has 1 aromatic rings. The molecule has 1 N–H and O–H groups in total. The SMILES string of the molecule is CCN(CCC(NC(C)C)C(=O)OC)c1ccc(F)cc1. The Balaban J connectivity index is 2.67. The molecule has 0 aromatic heterocycles. The summed E-state index contributed by atoms with van der Waals surface area (Å²) in [6.45, 7) is 7.51. The standard InChI is InChI=1S/C16H25FN2O2/c1-5-19(14-8-6-13(17)7-9-14)11-10-15(16(20)21-4)18-12(2)3/h6-9,12,15,18H,5,10-11H2,1-4H3. The van der Waals surface area contributed by atoms with Crippen molar-refractivity contribution in [1.82, 2.24) is 5.32 Å². The first-order valence-corrected chi connectivity index (χ1v) is 7.32. The molecule has 21 heavy (non-hydrogen) atoms. The van der Waals surface area contributed by atoms with Gasteiger partial charge in [0.25, 0.3) is 0 Å². The fourth-order valence-corrected chi connectivity index (χ4v) is 2.22. The van der Waals surface area contributed by atoms with Gasteiger partial charge >= 0.3 is 5.97 Å². The summed E-state index contributed by atoms with van der Waals surface area (Å²) in [4.78, 5) is 13.9. The normalized spacial score (nSPS) is 12.3. The molecule has 1 rings (SSSR count). The molecule has 1 aromatic carbocycles. The van der Waals surface area contributed by atoms with Crippen LogP contribution in [0.1, 0.15) is 27.2 Å². The van der Waals surface area contributed by atoms with Crippen LogP contribution in [0.5, 0.6) is 0 Å². The van der Waals surface area contributed by atoms with Crippen LogP contribution in [0, 0.1) is 5.82 Å². The lowest BCUT2D eigenvalue weighted by Crippen LogP contribution is -2.43. The first-order valence-electron chi connectivity index (χ1n) is 7.32. The van der Waals surface area contributed by atoms with E-state index in [1.165, 1.54) is 19.2 Å². The van der Waals surface area contributed by atoms with E-state index in [-0.39, 0.29) is 23.9 Å². The van der Waals surface area contributed by atoms with Gasteiger partial charge in [0.2, 0.25) is 0 Å². The number of esters is 1. The molecule has 0 radical (unpaired) electrons. The van der Waals surface area contributed by atoms with Crippen LogP contribution in [0.2, 0.25) is 0 Å². The van der Waals surface area contributed by atoms with Crippen LogP contribution >= 0.6 is 0 Å². The monoisotopic (exact) mass is 296 g/mol. The number of hydrogen-bond donors (Lipinski definition) is 1. The summed E-state index contributed by atoms with van der Waals surface area (Å²) in [5.41, 5.74) is 0.951. The molecule has 1 atom stereocenters. The Hall–Kier alpha value is -1.62. The van der Waals surface area contributed by atoms with Crippen molar-refractivity contribution in [3.05, 3.63) is 30.1 Å². The smallest absolute Gasteiger partial charge is 0.322 e. The van der Waals surface area contributed by atoms with Gasteiger partial charge in [0.15, 0.2) is 0 Å². The van der Waals surface area contributed by atoms with Crippen LogP contribution in [0.15, 0.2) is 24.3 Å². The van der Waals surface area contributed by atoms with Crippen molar-refractivity contribution in [2.45, 2.75) is 39.3 Å². The Morgan fingerprint density at radius 3 is 2.43 bits per heavy atom. The molecule has 0 amide bonds. The third-order valence-corrected chi connectivity index (χ3v) is 3.28. The van der Waals surface area contributed by atoms with E-state index in [1.54, 1.807) is 12.1 Å². The van der Waals surface area contributed by atoms with E-state index in [1.807, 2.05) is 20.8 Å². The average molecular weight is 296 g/mol. The fraction of sp³-hybridized carbons (Fsp3) is 0.562. The summed E-state index contributed by atoms with van der Waals surface area (Å²) in [7, 11) is 1.40. The Labute approximate surface area is 126 Å². The van der Waals surface area contributed by atoms with Gasteiger partial charge in [0, 0.05) is 24.8 Å². The molecule has 0 aliphatic carbocycles. The highest BCUT2D eigenvalue weighted by Crippen LogP contribution is 2.15. The average Bonchev–Trinajstić information content (AvgIpc) is 2.47. The third kappa shape index (κ3) is 5.71. The molecule has 4 nitrogen and oxygen atoms in total. The highest BCUT2D eigenvalue weighted by Gasteiger charge is 2.20. The number of anilines is 1. The minimum atomic E-state index is -0.329. The summed E-state index contributed by atoms with van der Waals surface area (Å²) in [5.74, 6) is -0.498. The molecule has 0 spiro atoms. The summed E-state index contributed by atoms with van der Waals surface area (Å²) >= 11 is 0. The predicted molar refractivity (Wildman–Crippen MR) is 83.0 cm³/mol. The number of halogens is 1. The number of carbonyl (C=O) groups is 1. The van der Waals surface area contributed by atoms with Gasteiger partial charge in [-0.15, -0.1) is 0 Å². The maximum Gasteiger partial charge on any atom is 0.322 e. The van der Waals surface area contributed by atoms with Gasteiger partial charge in [-0.3, -0.25) is 4.79 Å². The van der Waals surface area contributed by atoms with Crippen molar-refractivity contribution in [2.75, 3.05) is 25.1 Å². The minimum absolute atomic E-state index is 0.204. The van der Waals surface area contributed by atoms with Crippen molar-refractivity contribution in [3.8, 4) is 0 Å². The maximum absolute atomic E-state index is 13.0. The number of carbonyl (C=O) groups excluding carboxylic acids is 1. The number of nitrogens with one attached hydrogen (secondary N) is 1. The van der Waals surface area contributed by atoms with E-state index in [0.717, 1.165) is 12.2 Å². The van der Waals surface area contributed by atoms with E-state index in [2.05, 4.69) is 10.2 Å². The maximum atomic E-state index is 13.0. The topological polar surface area (TPSA) is 41.6 Å². The van der Waals surface area contributed by atoms with Crippen LogP contribution < -0.4 is 10.2 Å². The van der Waals surface area contributed by atoms with Crippen molar-refractivity contribution in [3.63, 3.8) is 0 Å². The fourth-order valence-electron chi connectivity index (χ4n) is 2.22. The highest BCUT2D eigenvalue weighted by molar-refractivity contribution is 5.75. The van der Waals surface area contributed by atoms with Crippen molar-refractivity contribution >= 4 is 11.7 Å². The Bertz CT molecular complexity index is 434. The van der Waals surface area contributed by atoms with Gasteiger partial charge in [0.1, 0.15) is 11.9 Å². The Kier molecular flexibility index (Phi) is 7.15. The largest absolute Gasteiger partial charge is 0.468 e. The molecular formula is C16H25FN2O2. The predicted octanol–water partition coefficient (Wildman–Crippen LogP) is 2.58. The van der Waals surface area contributed by atoms with Crippen LogP contribution in [0.3, 0.4) is 0 Å². The number of nitrogens with zero attached hydrogens (tertiary/aromatic N) is 1. The lowest BCUT2D eigenvalue weighted by molar-refractivity contribution is -0.143. The molecular weight excluding hydrogens is 271 g/mol. The zero-order valence-electron chi connectivity index (χ0n) is 13.2. The van der Waals surface area contributed by atoms with Crippen molar-refractivity contribution in [1.29, 1.82) is 0 Å². The number of methoxy groups -OCH3 is 1. The highest BCUT2D eigenvalue weighted by atomic mass is 19.1. The second-order valence-electron chi connectivity index (χ2n) is 5.24. The first kappa shape index (κ1) is 17.4. The molecule has 0 saturated carbocycles. The third-order valence-electron chi connectivity index (χ3n) is 3.28. The van der Waals surface area contributed by atoms with Crippen molar-refractivity contribution < 1.29 is 13.9 Å². The molecule has 0 aliphatic rings. The van der Waals surface area contributed by atoms with Crippen LogP contribution in [-0.2, 0) is 9.53 Å². The molecule has 0 heterocycles. The van der Waals surface area contributed by atoms with E-state index < -0.39 is 0 Å². The first-order chi connectivity index (χ1) is 9.97. The van der Waals surface area contributed by atoms with E-state index in [0.29, 0.717) is 13.0 Å². The number of benzene rings is 1. The number of ether oxygens (including phenoxy) is 1. The molecule has 0 fully saturated rings. The Morgan fingerprint density at radius 2 is 1.95 bits per heavy atom. The summed E-state index contributed by atoms with van der Waals surface area (Å²) in [6.07, 6.45) is 0.635. The van der Waals surface area contributed by atoms with Crippen molar-refractivity contribution in [2.24, 2.45) is 0 Å². The summed E-state index contributed by atoms with van der Waals surface area (Å²) in [5, 5.41) is 3.21. The van der Waals surface area contributed by atoms with E-state index in [9.17, 15) is 9.18 Å². The molecule has 5 heteroatoms. The second kappa shape index (κ2) is 8.62. The lowest BCUT2D eigenvalue weighted by Gasteiger charge is -2.26. The van der Waals surface area contributed by atoms with Gasteiger partial charge in [-0.2, -0.15) is 0 Å². The van der Waals surface area contributed by atoms with E-state index in [4.69, 9.17) is 4.74 Å². The number of rotatable bonds is 8. The van der Waals surface area contributed by atoms with Gasteiger partial charge in [-0.05, 0) is 37.6 Å². The van der Waals surface area contributed by atoms with Crippen LogP contribution in [0.25, 0.3) is 0 Å².